The summed E-state index contributed by atoms with van der Waals surface area (Å²) in [5.41, 5.74) is 0. The van der Waals surface area contributed by atoms with Crippen LogP contribution in [0.3, 0.4) is 0 Å². The lowest BCUT2D eigenvalue weighted by Crippen LogP contribution is -2.70. The van der Waals surface area contributed by atoms with Gasteiger partial charge in [-0.05, 0) is 0 Å². The second-order valence-electron chi connectivity index (χ2n) is 6.70. The second kappa shape index (κ2) is 11.3. The van der Waals surface area contributed by atoms with Gasteiger partial charge in [-0.15, -0.1) is 6.58 Å². The Morgan fingerprint density at radius 1 is 0.967 bits per heavy atom. The summed E-state index contributed by atoms with van der Waals surface area (Å²) < 4.78 is 21.6. The molecule has 0 radical (unpaired) electrons. The van der Waals surface area contributed by atoms with Gasteiger partial charge >= 0.3 is 17.9 Å². The summed E-state index contributed by atoms with van der Waals surface area (Å²) in [5.74, 6) is -2.93. The van der Waals surface area contributed by atoms with Crippen molar-refractivity contribution in [2.75, 3.05) is 13.2 Å². The minimum atomic E-state index is -1.22. The summed E-state index contributed by atoms with van der Waals surface area (Å²) in [6, 6.07) is -1.08. The quantitative estimate of drug-likeness (QED) is 0.313. The summed E-state index contributed by atoms with van der Waals surface area (Å²) in [6.07, 6.45) is -3.18. The van der Waals surface area contributed by atoms with Crippen molar-refractivity contribution < 1.29 is 42.9 Å². The fourth-order valence-electron chi connectivity index (χ4n) is 3.13. The zero-order chi connectivity index (χ0) is 23.0. The van der Waals surface area contributed by atoms with E-state index in [1.54, 1.807) is 0 Å². The largest absolute Gasteiger partial charge is 0.463 e. The Morgan fingerprint density at radius 2 is 1.53 bits per heavy atom. The van der Waals surface area contributed by atoms with Gasteiger partial charge in [-0.3, -0.25) is 24.0 Å². The predicted molar refractivity (Wildman–Crippen MR) is 102 cm³/mol. The lowest BCUT2D eigenvalue weighted by atomic mass is 9.94. The van der Waals surface area contributed by atoms with Gasteiger partial charge in [0.15, 0.2) is 18.4 Å². The highest BCUT2D eigenvalue weighted by molar-refractivity contribution is 5.75. The van der Waals surface area contributed by atoms with E-state index >= 15 is 0 Å². The molecule has 1 fully saturated rings. The van der Waals surface area contributed by atoms with Gasteiger partial charge < -0.3 is 29.2 Å². The maximum atomic E-state index is 12.2. The molecule has 1 rings (SSSR count). The number of carbonyl (C=O) groups is 5. The molecule has 11 heteroatoms. The molecule has 11 nitrogen and oxygen atoms in total. The van der Waals surface area contributed by atoms with Gasteiger partial charge in [0.2, 0.25) is 11.8 Å². The van der Waals surface area contributed by atoms with Crippen molar-refractivity contribution in [1.82, 2.24) is 10.2 Å². The van der Waals surface area contributed by atoms with E-state index in [2.05, 4.69) is 11.9 Å². The average molecular weight is 428 g/mol. The standard InChI is InChI=1S/C19H28N2O9/c1-7-8-21(11(3)23)19-16(20-10(2)22)18(29-14(6)26)17(28-13(5)25)15(30-19)9-27-12(4)24/h7,15-19H,1,8-9H2,2-6H3,(H,20,22)/t15-,16-,17-,18-,19-/m1/s1. The van der Waals surface area contributed by atoms with Crippen LogP contribution in [-0.2, 0) is 42.9 Å². The van der Waals surface area contributed by atoms with Crippen LogP contribution in [0.1, 0.15) is 34.6 Å². The molecule has 1 aliphatic heterocycles. The Morgan fingerprint density at radius 3 is 1.97 bits per heavy atom. The molecule has 5 atom stereocenters. The van der Waals surface area contributed by atoms with Crippen molar-refractivity contribution in [3.8, 4) is 0 Å². The van der Waals surface area contributed by atoms with Crippen molar-refractivity contribution in [3.63, 3.8) is 0 Å². The molecular formula is C19H28N2O9. The summed E-state index contributed by atoms with van der Waals surface area (Å²) in [7, 11) is 0. The predicted octanol–water partition coefficient (Wildman–Crippen LogP) is -0.323. The summed E-state index contributed by atoms with van der Waals surface area (Å²) in [4.78, 5) is 60.1. The molecule has 0 aromatic rings. The second-order valence-corrected chi connectivity index (χ2v) is 6.70. The molecular weight excluding hydrogens is 400 g/mol. The minimum Gasteiger partial charge on any atom is -0.463 e. The molecule has 0 aromatic carbocycles. The van der Waals surface area contributed by atoms with E-state index < -0.39 is 60.3 Å². The van der Waals surface area contributed by atoms with Crippen molar-refractivity contribution >= 4 is 29.7 Å². The molecule has 1 heterocycles. The first kappa shape index (κ1) is 25.1. The van der Waals surface area contributed by atoms with Crippen LogP contribution in [-0.4, -0.2) is 78.4 Å². The molecule has 2 amide bonds. The van der Waals surface area contributed by atoms with Gasteiger partial charge in [-0.25, -0.2) is 0 Å². The van der Waals surface area contributed by atoms with Gasteiger partial charge in [0.05, 0.1) is 0 Å². The molecule has 30 heavy (non-hydrogen) atoms. The van der Waals surface area contributed by atoms with Crippen molar-refractivity contribution in [2.24, 2.45) is 0 Å². The van der Waals surface area contributed by atoms with E-state index in [0.29, 0.717) is 0 Å². The Bertz CT molecular complexity index is 693. The molecule has 1 N–H and O–H groups in total. The first-order valence-electron chi connectivity index (χ1n) is 9.26. The van der Waals surface area contributed by atoms with Crippen LogP contribution in [0.4, 0.5) is 0 Å². The smallest absolute Gasteiger partial charge is 0.303 e. The normalized spacial score (nSPS) is 25.4. The summed E-state index contributed by atoms with van der Waals surface area (Å²) >= 11 is 0. The Balaban J connectivity index is 3.49. The number of carbonyl (C=O) groups excluding carboxylic acids is 5. The lowest BCUT2D eigenvalue weighted by Gasteiger charge is -2.48. The third-order valence-electron chi connectivity index (χ3n) is 4.13. The molecule has 0 bridgehead atoms. The van der Waals surface area contributed by atoms with E-state index in [4.69, 9.17) is 18.9 Å². The van der Waals surface area contributed by atoms with Gasteiger partial charge in [0.1, 0.15) is 18.8 Å². The van der Waals surface area contributed by atoms with E-state index in [1.165, 1.54) is 31.7 Å². The number of esters is 3. The van der Waals surface area contributed by atoms with Gasteiger partial charge in [0, 0.05) is 41.2 Å². The van der Waals surface area contributed by atoms with Crippen LogP contribution >= 0.6 is 0 Å². The lowest BCUT2D eigenvalue weighted by molar-refractivity contribution is -0.245. The third kappa shape index (κ3) is 7.14. The van der Waals surface area contributed by atoms with Crippen molar-refractivity contribution in [3.05, 3.63) is 12.7 Å². The van der Waals surface area contributed by atoms with Gasteiger partial charge in [-0.1, -0.05) is 6.08 Å². The Labute approximate surface area is 174 Å². The summed E-state index contributed by atoms with van der Waals surface area (Å²) in [6.45, 7) is 9.32. The first-order chi connectivity index (χ1) is 14.0. The molecule has 168 valence electrons. The highest BCUT2D eigenvalue weighted by atomic mass is 16.6. The number of nitrogens with zero attached hydrogens (tertiary/aromatic N) is 1. The fraction of sp³-hybridized carbons (Fsp3) is 0.632. The molecule has 1 saturated heterocycles. The van der Waals surface area contributed by atoms with Gasteiger partial charge in [-0.2, -0.15) is 0 Å². The third-order valence-corrected chi connectivity index (χ3v) is 4.13. The SMILES string of the molecule is C=CCN(C(C)=O)[C@@H]1O[C@H](COC(C)=O)[C@@H](OC(C)=O)[C@H](OC(C)=O)[C@H]1NC(C)=O. The van der Waals surface area contributed by atoms with Crippen LogP contribution in [0.15, 0.2) is 12.7 Å². The zero-order valence-corrected chi connectivity index (χ0v) is 17.7. The monoisotopic (exact) mass is 428 g/mol. The number of hydrogen-bond donors (Lipinski definition) is 1. The molecule has 0 unspecified atom stereocenters. The van der Waals surface area contributed by atoms with E-state index in [9.17, 15) is 24.0 Å². The highest BCUT2D eigenvalue weighted by Gasteiger charge is 2.52. The Hall–Kier alpha value is -2.95. The molecule has 0 saturated carbocycles. The van der Waals surface area contributed by atoms with Crippen LogP contribution in [0.25, 0.3) is 0 Å². The van der Waals surface area contributed by atoms with E-state index in [-0.39, 0.29) is 13.2 Å². The maximum absolute atomic E-state index is 12.2. The summed E-state index contributed by atoms with van der Waals surface area (Å²) in [5, 5.41) is 2.60. The van der Waals surface area contributed by atoms with E-state index in [0.717, 1.165) is 13.8 Å². The topological polar surface area (TPSA) is 138 Å². The first-order valence-corrected chi connectivity index (χ1v) is 9.26. The van der Waals surface area contributed by atoms with Crippen LogP contribution in [0, 0.1) is 0 Å². The number of amides is 2. The number of ether oxygens (including phenoxy) is 4. The van der Waals surface area contributed by atoms with Crippen LogP contribution in [0.2, 0.25) is 0 Å². The fourth-order valence-corrected chi connectivity index (χ4v) is 3.13. The number of hydrogen-bond acceptors (Lipinski definition) is 9. The Kier molecular flexibility index (Phi) is 9.44. The average Bonchev–Trinajstić information content (AvgIpc) is 2.60. The molecule has 0 aromatic heterocycles. The van der Waals surface area contributed by atoms with E-state index in [1.807, 2.05) is 0 Å². The van der Waals surface area contributed by atoms with Crippen LogP contribution in [0.5, 0.6) is 0 Å². The zero-order valence-electron chi connectivity index (χ0n) is 17.7. The minimum absolute atomic E-state index is 0.0569. The van der Waals surface area contributed by atoms with Crippen molar-refractivity contribution in [2.45, 2.75) is 65.2 Å². The molecule has 0 spiro atoms. The van der Waals surface area contributed by atoms with Crippen LogP contribution < -0.4 is 5.32 Å². The van der Waals surface area contributed by atoms with Gasteiger partial charge in [0.25, 0.3) is 0 Å². The molecule has 1 aliphatic rings. The number of rotatable bonds is 8. The number of nitrogens with one attached hydrogen (secondary N) is 1. The van der Waals surface area contributed by atoms with Crippen molar-refractivity contribution in [1.29, 1.82) is 0 Å². The highest BCUT2D eigenvalue weighted by Crippen LogP contribution is 2.29. The molecule has 0 aliphatic carbocycles. The maximum Gasteiger partial charge on any atom is 0.303 e.